The zero-order valence-corrected chi connectivity index (χ0v) is 9.99. The summed E-state index contributed by atoms with van der Waals surface area (Å²) in [6, 6.07) is 6.46. The van der Waals surface area contributed by atoms with Crippen LogP contribution in [-0.4, -0.2) is 17.4 Å². The number of aromatic nitrogens is 1. The van der Waals surface area contributed by atoms with Gasteiger partial charge in [-0.2, -0.15) is 0 Å². The largest absolute Gasteiger partial charge is 0.341 e. The van der Waals surface area contributed by atoms with Crippen LogP contribution in [0.3, 0.4) is 0 Å². The van der Waals surface area contributed by atoms with Crippen molar-refractivity contribution in [1.29, 1.82) is 0 Å². The van der Waals surface area contributed by atoms with Crippen LogP contribution in [0.15, 0.2) is 18.2 Å². The van der Waals surface area contributed by atoms with Gasteiger partial charge in [0.15, 0.2) is 6.29 Å². The maximum Gasteiger partial charge on any atom is 0.152 e. The Morgan fingerprint density at radius 3 is 3.12 bits per heavy atom. The quantitative estimate of drug-likeness (QED) is 0.799. The van der Waals surface area contributed by atoms with E-state index in [9.17, 15) is 4.79 Å². The van der Waals surface area contributed by atoms with Gasteiger partial charge in [-0.15, -0.1) is 0 Å². The Morgan fingerprint density at radius 2 is 2.35 bits per heavy atom. The fourth-order valence-corrected chi connectivity index (χ4v) is 2.68. The van der Waals surface area contributed by atoms with E-state index in [4.69, 9.17) is 0 Å². The summed E-state index contributed by atoms with van der Waals surface area (Å²) in [5, 5.41) is 4.43. The van der Waals surface area contributed by atoms with Gasteiger partial charge in [0.1, 0.15) is 0 Å². The lowest BCUT2D eigenvalue weighted by Gasteiger charge is -2.17. The van der Waals surface area contributed by atoms with Crippen molar-refractivity contribution in [3.05, 3.63) is 35.0 Å². The van der Waals surface area contributed by atoms with E-state index in [2.05, 4.69) is 35.0 Å². The number of hydrogen-bond donors (Lipinski definition) is 1. The third kappa shape index (κ3) is 1.50. The molecule has 0 aliphatic carbocycles. The predicted molar refractivity (Wildman–Crippen MR) is 68.4 cm³/mol. The molecule has 0 saturated heterocycles. The molecule has 0 atom stereocenters. The van der Waals surface area contributed by atoms with Gasteiger partial charge in [0.25, 0.3) is 0 Å². The molecule has 0 amide bonds. The minimum atomic E-state index is 0.796. The Kier molecular flexibility index (Phi) is 2.48. The standard InChI is InChI=1S/C14H16N2O/c1-2-10-3-4-13-11(7-10)12(9-17)14-8-15-5-6-16(13)14/h3-4,7,9,15H,2,5-6,8H2,1H3. The topological polar surface area (TPSA) is 34.0 Å². The van der Waals surface area contributed by atoms with Crippen LogP contribution in [0, 0.1) is 0 Å². The van der Waals surface area contributed by atoms with Gasteiger partial charge in [0.05, 0.1) is 0 Å². The molecule has 1 aliphatic heterocycles. The van der Waals surface area contributed by atoms with Crippen LogP contribution in [-0.2, 0) is 19.5 Å². The average molecular weight is 228 g/mol. The van der Waals surface area contributed by atoms with Gasteiger partial charge in [0, 0.05) is 41.8 Å². The number of nitrogens with zero attached hydrogens (tertiary/aromatic N) is 1. The van der Waals surface area contributed by atoms with Crippen molar-refractivity contribution in [1.82, 2.24) is 9.88 Å². The Morgan fingerprint density at radius 1 is 1.47 bits per heavy atom. The van der Waals surface area contributed by atoms with Gasteiger partial charge < -0.3 is 9.88 Å². The molecule has 3 rings (SSSR count). The van der Waals surface area contributed by atoms with Gasteiger partial charge in [-0.05, 0) is 24.1 Å². The van der Waals surface area contributed by atoms with E-state index < -0.39 is 0 Å². The number of rotatable bonds is 2. The van der Waals surface area contributed by atoms with Crippen LogP contribution in [0.5, 0.6) is 0 Å². The number of carbonyl (C=O) groups is 1. The number of aldehydes is 1. The third-order valence-electron chi connectivity index (χ3n) is 3.61. The molecular weight excluding hydrogens is 212 g/mol. The summed E-state index contributed by atoms with van der Waals surface area (Å²) in [5.74, 6) is 0. The number of fused-ring (bicyclic) bond motifs is 3. The summed E-state index contributed by atoms with van der Waals surface area (Å²) < 4.78 is 2.27. The van der Waals surface area contributed by atoms with Gasteiger partial charge in [0.2, 0.25) is 0 Å². The molecule has 0 unspecified atom stereocenters. The van der Waals surface area contributed by atoms with Crippen LogP contribution in [0.4, 0.5) is 0 Å². The Balaban J connectivity index is 2.34. The van der Waals surface area contributed by atoms with Gasteiger partial charge >= 0.3 is 0 Å². The van der Waals surface area contributed by atoms with E-state index in [0.717, 1.165) is 49.0 Å². The average Bonchev–Trinajstić information content (AvgIpc) is 2.71. The van der Waals surface area contributed by atoms with E-state index in [-0.39, 0.29) is 0 Å². The number of benzene rings is 1. The first-order chi connectivity index (χ1) is 8.35. The summed E-state index contributed by atoms with van der Waals surface area (Å²) in [7, 11) is 0. The van der Waals surface area contributed by atoms with Crippen LogP contribution < -0.4 is 5.32 Å². The van der Waals surface area contributed by atoms with E-state index in [0.29, 0.717) is 0 Å². The molecule has 0 bridgehead atoms. The van der Waals surface area contributed by atoms with Crippen molar-refractivity contribution in [3.8, 4) is 0 Å². The maximum absolute atomic E-state index is 11.3. The number of hydrogen-bond acceptors (Lipinski definition) is 2. The Hall–Kier alpha value is -1.61. The second kappa shape index (κ2) is 4.00. The lowest BCUT2D eigenvalue weighted by atomic mass is 10.1. The van der Waals surface area contributed by atoms with Crippen molar-refractivity contribution < 1.29 is 4.79 Å². The highest BCUT2D eigenvalue weighted by Gasteiger charge is 2.18. The summed E-state index contributed by atoms with van der Waals surface area (Å²) >= 11 is 0. The lowest BCUT2D eigenvalue weighted by molar-refractivity contribution is 0.112. The molecule has 1 aliphatic rings. The molecule has 2 heterocycles. The fourth-order valence-electron chi connectivity index (χ4n) is 2.68. The van der Waals surface area contributed by atoms with Gasteiger partial charge in [-0.3, -0.25) is 4.79 Å². The van der Waals surface area contributed by atoms with E-state index in [1.165, 1.54) is 11.1 Å². The highest BCUT2D eigenvalue weighted by Crippen LogP contribution is 2.27. The predicted octanol–water partition coefficient (Wildman–Crippen LogP) is 2.12. The van der Waals surface area contributed by atoms with Crippen molar-refractivity contribution >= 4 is 17.2 Å². The summed E-state index contributed by atoms with van der Waals surface area (Å²) in [5.41, 5.74) is 4.48. The van der Waals surface area contributed by atoms with Crippen molar-refractivity contribution in [3.63, 3.8) is 0 Å². The van der Waals surface area contributed by atoms with E-state index >= 15 is 0 Å². The summed E-state index contributed by atoms with van der Waals surface area (Å²) in [4.78, 5) is 11.3. The van der Waals surface area contributed by atoms with Crippen LogP contribution in [0.2, 0.25) is 0 Å². The minimum absolute atomic E-state index is 0.796. The maximum atomic E-state index is 11.3. The molecule has 88 valence electrons. The number of aryl methyl sites for hydroxylation is 1. The third-order valence-corrected chi connectivity index (χ3v) is 3.61. The molecule has 0 fully saturated rings. The lowest BCUT2D eigenvalue weighted by Crippen LogP contribution is -2.28. The van der Waals surface area contributed by atoms with Gasteiger partial charge in [-0.25, -0.2) is 0 Å². The van der Waals surface area contributed by atoms with Gasteiger partial charge in [-0.1, -0.05) is 13.0 Å². The molecule has 1 aromatic heterocycles. The number of nitrogens with one attached hydrogen (secondary N) is 1. The molecule has 0 saturated carbocycles. The highest BCUT2D eigenvalue weighted by molar-refractivity contribution is 5.99. The normalized spacial score (nSPS) is 14.9. The molecule has 3 heteroatoms. The first kappa shape index (κ1) is 10.5. The van der Waals surface area contributed by atoms with E-state index in [1.807, 2.05) is 0 Å². The fraction of sp³-hybridized carbons (Fsp3) is 0.357. The van der Waals surface area contributed by atoms with Crippen LogP contribution in [0.1, 0.15) is 28.5 Å². The second-order valence-corrected chi connectivity index (χ2v) is 4.51. The number of carbonyl (C=O) groups excluding carboxylic acids is 1. The molecule has 1 aromatic carbocycles. The van der Waals surface area contributed by atoms with Crippen molar-refractivity contribution in [2.24, 2.45) is 0 Å². The zero-order chi connectivity index (χ0) is 11.8. The molecule has 0 spiro atoms. The second-order valence-electron chi connectivity index (χ2n) is 4.51. The summed E-state index contributed by atoms with van der Waals surface area (Å²) in [6.07, 6.45) is 2.01. The van der Waals surface area contributed by atoms with Crippen molar-refractivity contribution in [2.45, 2.75) is 26.4 Å². The molecular formula is C14H16N2O. The Labute approximate surface area is 100 Å². The van der Waals surface area contributed by atoms with Crippen LogP contribution >= 0.6 is 0 Å². The highest BCUT2D eigenvalue weighted by atomic mass is 16.1. The first-order valence-electron chi connectivity index (χ1n) is 6.15. The van der Waals surface area contributed by atoms with Crippen LogP contribution in [0.25, 0.3) is 10.9 Å². The molecule has 2 aromatic rings. The first-order valence-corrected chi connectivity index (χ1v) is 6.15. The Bertz CT molecular complexity index is 583. The zero-order valence-electron chi connectivity index (χ0n) is 9.99. The van der Waals surface area contributed by atoms with Crippen molar-refractivity contribution in [2.75, 3.05) is 6.54 Å². The molecule has 3 nitrogen and oxygen atoms in total. The smallest absolute Gasteiger partial charge is 0.152 e. The summed E-state index contributed by atoms with van der Waals surface area (Å²) in [6.45, 7) is 4.86. The molecule has 1 N–H and O–H groups in total. The monoisotopic (exact) mass is 228 g/mol. The molecule has 17 heavy (non-hydrogen) atoms. The minimum Gasteiger partial charge on any atom is -0.341 e. The van der Waals surface area contributed by atoms with E-state index in [1.54, 1.807) is 0 Å². The SMILES string of the molecule is CCc1ccc2c(c1)c(C=O)c1n2CCNC1. The molecule has 0 radical (unpaired) electrons.